The van der Waals surface area contributed by atoms with Crippen LogP contribution >= 0.6 is 0 Å². The Labute approximate surface area is 172 Å². The average molecular weight is 420 g/mol. The minimum Gasteiger partial charge on any atom is -0.444 e. The molecule has 1 aliphatic heterocycles. The van der Waals surface area contributed by atoms with Gasteiger partial charge in [0, 0.05) is 31.7 Å². The number of oxazole rings is 1. The summed E-state index contributed by atoms with van der Waals surface area (Å²) in [7, 11) is -1.39. The highest BCUT2D eigenvalue weighted by atomic mass is 32.2. The fourth-order valence-electron chi connectivity index (χ4n) is 3.24. The molecular weight excluding hydrogens is 390 g/mol. The summed E-state index contributed by atoms with van der Waals surface area (Å²) < 4.78 is 31.1. The zero-order chi connectivity index (χ0) is 20.9. The molecule has 1 saturated heterocycles. The van der Waals surface area contributed by atoms with E-state index in [1.165, 1.54) is 5.56 Å². The molecule has 0 amide bonds. The van der Waals surface area contributed by atoms with Gasteiger partial charge in [-0.1, -0.05) is 17.7 Å². The number of rotatable bonds is 6. The van der Waals surface area contributed by atoms with Crippen LogP contribution in [-0.4, -0.2) is 55.6 Å². The monoisotopic (exact) mass is 419 g/mol. The predicted molar refractivity (Wildman–Crippen MR) is 114 cm³/mol. The summed E-state index contributed by atoms with van der Waals surface area (Å²) in [4.78, 5) is 8.78. The van der Waals surface area contributed by atoms with Crippen LogP contribution in [0.1, 0.15) is 31.0 Å². The minimum atomic E-state index is -3.11. The normalized spacial score (nSPS) is 16.7. The second-order valence-electron chi connectivity index (χ2n) is 7.15. The lowest BCUT2D eigenvalue weighted by Crippen LogP contribution is -2.49. The SMILES string of the molecule is CCS(=O)(=O)N1CCC(NC(=NC)NCc2coc(-c3ccc(C)cc3)n2)CC1. The summed E-state index contributed by atoms with van der Waals surface area (Å²) in [6.45, 7) is 5.28. The van der Waals surface area contributed by atoms with Gasteiger partial charge in [-0.25, -0.2) is 17.7 Å². The number of hydrogen-bond donors (Lipinski definition) is 2. The predicted octanol–water partition coefficient (Wildman–Crippen LogP) is 2.13. The van der Waals surface area contributed by atoms with Crippen LogP contribution < -0.4 is 10.6 Å². The summed E-state index contributed by atoms with van der Waals surface area (Å²) in [5.41, 5.74) is 2.92. The molecule has 29 heavy (non-hydrogen) atoms. The van der Waals surface area contributed by atoms with Gasteiger partial charge in [-0.05, 0) is 38.8 Å². The van der Waals surface area contributed by atoms with Crippen molar-refractivity contribution in [2.24, 2.45) is 4.99 Å². The molecule has 3 rings (SSSR count). The first-order chi connectivity index (χ1) is 13.9. The lowest BCUT2D eigenvalue weighted by Gasteiger charge is -2.32. The van der Waals surface area contributed by atoms with E-state index in [9.17, 15) is 8.42 Å². The molecule has 0 atom stereocenters. The number of hydrogen-bond acceptors (Lipinski definition) is 5. The Kier molecular flexibility index (Phi) is 6.92. The molecule has 0 bridgehead atoms. The topological polar surface area (TPSA) is 99.8 Å². The Balaban J connectivity index is 1.50. The van der Waals surface area contributed by atoms with Gasteiger partial charge in [-0.15, -0.1) is 0 Å². The van der Waals surface area contributed by atoms with Gasteiger partial charge in [0.2, 0.25) is 15.9 Å². The van der Waals surface area contributed by atoms with Crippen LogP contribution in [0.2, 0.25) is 0 Å². The highest BCUT2D eigenvalue weighted by Gasteiger charge is 2.27. The highest BCUT2D eigenvalue weighted by Crippen LogP contribution is 2.19. The van der Waals surface area contributed by atoms with Gasteiger partial charge in [0.05, 0.1) is 18.0 Å². The number of benzene rings is 1. The van der Waals surface area contributed by atoms with Gasteiger partial charge in [0.25, 0.3) is 0 Å². The van der Waals surface area contributed by atoms with Crippen molar-refractivity contribution in [3.05, 3.63) is 41.8 Å². The van der Waals surface area contributed by atoms with Crippen LogP contribution in [0.25, 0.3) is 11.5 Å². The van der Waals surface area contributed by atoms with Crippen molar-refractivity contribution in [1.29, 1.82) is 0 Å². The molecule has 0 spiro atoms. The van der Waals surface area contributed by atoms with Gasteiger partial charge in [0.1, 0.15) is 6.26 Å². The third kappa shape index (κ3) is 5.57. The fraction of sp³-hybridized carbons (Fsp3) is 0.500. The van der Waals surface area contributed by atoms with Crippen LogP contribution in [0.4, 0.5) is 0 Å². The third-order valence-electron chi connectivity index (χ3n) is 5.06. The number of piperidine rings is 1. The molecule has 1 fully saturated rings. The standard InChI is InChI=1S/C20H29N5O3S/c1-4-29(26,27)25-11-9-17(10-12-25)24-20(21-3)22-13-18-14-28-19(23-18)16-7-5-15(2)6-8-16/h5-8,14,17H,4,9-13H2,1-3H3,(H2,21,22,24). The number of aromatic nitrogens is 1. The van der Waals surface area contributed by atoms with E-state index in [0.717, 1.165) is 24.1 Å². The van der Waals surface area contributed by atoms with Crippen LogP contribution in [0.5, 0.6) is 0 Å². The van der Waals surface area contributed by atoms with Gasteiger partial charge < -0.3 is 15.1 Å². The van der Waals surface area contributed by atoms with E-state index in [4.69, 9.17) is 4.42 Å². The van der Waals surface area contributed by atoms with E-state index in [-0.39, 0.29) is 11.8 Å². The summed E-state index contributed by atoms with van der Waals surface area (Å²) in [6, 6.07) is 8.22. The third-order valence-corrected chi connectivity index (χ3v) is 6.95. The van der Waals surface area contributed by atoms with Gasteiger partial charge in [-0.3, -0.25) is 4.99 Å². The first kappa shape index (κ1) is 21.3. The van der Waals surface area contributed by atoms with Gasteiger partial charge in [0.15, 0.2) is 5.96 Å². The molecule has 2 heterocycles. The number of guanidine groups is 1. The molecule has 8 nitrogen and oxygen atoms in total. The lowest BCUT2D eigenvalue weighted by molar-refractivity contribution is 0.306. The second kappa shape index (κ2) is 9.41. The molecule has 2 aromatic rings. The summed E-state index contributed by atoms with van der Waals surface area (Å²) in [6.07, 6.45) is 3.15. The zero-order valence-corrected chi connectivity index (χ0v) is 18.0. The average Bonchev–Trinajstić information content (AvgIpc) is 3.21. The lowest BCUT2D eigenvalue weighted by atomic mass is 10.1. The number of aliphatic imine (C=N–C) groups is 1. The van der Waals surface area contributed by atoms with Crippen molar-refractivity contribution in [2.45, 2.75) is 39.3 Å². The Morgan fingerprint density at radius 3 is 2.59 bits per heavy atom. The van der Waals surface area contributed by atoms with Crippen molar-refractivity contribution in [3.8, 4) is 11.5 Å². The van der Waals surface area contributed by atoms with E-state index in [1.54, 1.807) is 24.5 Å². The van der Waals surface area contributed by atoms with E-state index >= 15 is 0 Å². The molecule has 0 radical (unpaired) electrons. The minimum absolute atomic E-state index is 0.149. The smallest absolute Gasteiger partial charge is 0.226 e. The van der Waals surface area contributed by atoms with Crippen LogP contribution in [0, 0.1) is 6.92 Å². The maximum absolute atomic E-state index is 12.0. The molecule has 1 aromatic carbocycles. The van der Waals surface area contributed by atoms with E-state index in [1.807, 2.05) is 31.2 Å². The molecule has 1 aliphatic rings. The first-order valence-corrected chi connectivity index (χ1v) is 11.5. The van der Waals surface area contributed by atoms with E-state index in [2.05, 4.69) is 20.6 Å². The summed E-state index contributed by atoms with van der Waals surface area (Å²) in [5, 5.41) is 6.61. The molecular formula is C20H29N5O3S. The maximum Gasteiger partial charge on any atom is 0.226 e. The molecule has 1 aromatic heterocycles. The Hall–Kier alpha value is -2.39. The molecule has 158 valence electrons. The van der Waals surface area contributed by atoms with Crippen LogP contribution in [0.3, 0.4) is 0 Å². The fourth-order valence-corrected chi connectivity index (χ4v) is 4.37. The quantitative estimate of drug-likeness (QED) is 0.550. The Bertz CT molecular complexity index is 929. The van der Waals surface area contributed by atoms with Crippen molar-refractivity contribution >= 4 is 16.0 Å². The molecule has 0 unspecified atom stereocenters. The van der Waals surface area contributed by atoms with Crippen molar-refractivity contribution in [3.63, 3.8) is 0 Å². The van der Waals surface area contributed by atoms with E-state index < -0.39 is 10.0 Å². The number of nitrogens with one attached hydrogen (secondary N) is 2. The van der Waals surface area contributed by atoms with Crippen molar-refractivity contribution < 1.29 is 12.8 Å². The van der Waals surface area contributed by atoms with Crippen LogP contribution in [0.15, 0.2) is 39.9 Å². The molecule has 0 aliphatic carbocycles. The molecule has 2 N–H and O–H groups in total. The second-order valence-corrected chi connectivity index (χ2v) is 9.41. The maximum atomic E-state index is 12.0. The van der Waals surface area contributed by atoms with Gasteiger partial charge >= 0.3 is 0 Å². The Morgan fingerprint density at radius 2 is 1.97 bits per heavy atom. The van der Waals surface area contributed by atoms with Crippen molar-refractivity contribution in [2.75, 3.05) is 25.9 Å². The molecule has 9 heteroatoms. The van der Waals surface area contributed by atoms with Gasteiger partial charge in [-0.2, -0.15) is 0 Å². The zero-order valence-electron chi connectivity index (χ0n) is 17.2. The molecule has 0 saturated carbocycles. The number of sulfonamides is 1. The van der Waals surface area contributed by atoms with Crippen LogP contribution in [-0.2, 0) is 16.6 Å². The highest BCUT2D eigenvalue weighted by molar-refractivity contribution is 7.89. The first-order valence-electron chi connectivity index (χ1n) is 9.87. The number of aryl methyl sites for hydroxylation is 1. The summed E-state index contributed by atoms with van der Waals surface area (Å²) >= 11 is 0. The van der Waals surface area contributed by atoms with Crippen molar-refractivity contribution in [1.82, 2.24) is 19.9 Å². The number of nitrogens with zero attached hydrogens (tertiary/aromatic N) is 3. The summed E-state index contributed by atoms with van der Waals surface area (Å²) in [5.74, 6) is 1.41. The largest absolute Gasteiger partial charge is 0.444 e. The Morgan fingerprint density at radius 1 is 1.28 bits per heavy atom. The van der Waals surface area contributed by atoms with E-state index in [0.29, 0.717) is 31.5 Å².